The third-order valence-electron chi connectivity index (χ3n) is 4.47. The standard InChI is InChI=1S/C21H16N4O/c1-2-7-15(8-3-1)12-13-25-20(18-11-6-14-26-18)24-19-21(25)23-17-10-5-4-9-16(17)22-19/h1-11,14H,12-13H2. The highest BCUT2D eigenvalue weighted by Gasteiger charge is 2.17. The van der Waals surface area contributed by atoms with Crippen molar-refractivity contribution >= 4 is 22.3 Å². The predicted molar refractivity (Wildman–Crippen MR) is 101 cm³/mol. The van der Waals surface area contributed by atoms with E-state index in [1.807, 2.05) is 42.5 Å². The number of para-hydroxylation sites is 2. The number of rotatable bonds is 4. The number of benzene rings is 2. The van der Waals surface area contributed by atoms with E-state index in [-0.39, 0.29) is 0 Å². The smallest absolute Gasteiger partial charge is 0.198 e. The van der Waals surface area contributed by atoms with E-state index in [1.165, 1.54) is 5.56 Å². The van der Waals surface area contributed by atoms with Gasteiger partial charge in [0.05, 0.1) is 17.3 Å². The van der Waals surface area contributed by atoms with E-state index in [9.17, 15) is 0 Å². The van der Waals surface area contributed by atoms with Crippen molar-refractivity contribution in [2.75, 3.05) is 0 Å². The zero-order chi connectivity index (χ0) is 17.3. The van der Waals surface area contributed by atoms with E-state index < -0.39 is 0 Å². The van der Waals surface area contributed by atoms with Gasteiger partial charge in [-0.15, -0.1) is 0 Å². The first-order valence-electron chi connectivity index (χ1n) is 8.59. The fourth-order valence-electron chi connectivity index (χ4n) is 3.19. The SMILES string of the molecule is c1ccc(CCn2c(-c3ccco3)nc3nc4ccccc4nc32)cc1. The molecule has 0 bridgehead atoms. The summed E-state index contributed by atoms with van der Waals surface area (Å²) in [5.41, 5.74) is 4.41. The van der Waals surface area contributed by atoms with Crippen LogP contribution in [-0.2, 0) is 13.0 Å². The maximum atomic E-state index is 5.60. The van der Waals surface area contributed by atoms with Gasteiger partial charge in [0.25, 0.3) is 0 Å². The average Bonchev–Trinajstić information content (AvgIpc) is 3.33. The molecule has 0 amide bonds. The minimum absolute atomic E-state index is 0.642. The van der Waals surface area contributed by atoms with Crippen molar-refractivity contribution in [2.24, 2.45) is 0 Å². The molecule has 0 spiro atoms. The van der Waals surface area contributed by atoms with Crippen molar-refractivity contribution in [3.8, 4) is 11.6 Å². The van der Waals surface area contributed by atoms with Crippen LogP contribution in [-0.4, -0.2) is 19.5 Å². The summed E-state index contributed by atoms with van der Waals surface area (Å²) < 4.78 is 7.70. The highest BCUT2D eigenvalue weighted by Crippen LogP contribution is 2.25. The van der Waals surface area contributed by atoms with Crippen LogP contribution in [0.4, 0.5) is 0 Å². The van der Waals surface area contributed by atoms with E-state index in [0.29, 0.717) is 5.65 Å². The summed E-state index contributed by atoms with van der Waals surface area (Å²) in [6, 6.07) is 22.1. The lowest BCUT2D eigenvalue weighted by Gasteiger charge is -2.07. The normalized spacial score (nSPS) is 11.4. The van der Waals surface area contributed by atoms with E-state index in [1.54, 1.807) is 6.26 Å². The minimum Gasteiger partial charge on any atom is -0.461 e. The second-order valence-corrected chi connectivity index (χ2v) is 6.16. The highest BCUT2D eigenvalue weighted by atomic mass is 16.3. The predicted octanol–water partition coefficient (Wildman–Crippen LogP) is 4.48. The molecule has 0 aliphatic carbocycles. The maximum Gasteiger partial charge on any atom is 0.198 e. The lowest BCUT2D eigenvalue weighted by atomic mass is 10.1. The molecule has 26 heavy (non-hydrogen) atoms. The lowest BCUT2D eigenvalue weighted by Crippen LogP contribution is -2.04. The van der Waals surface area contributed by atoms with E-state index in [0.717, 1.165) is 41.2 Å². The first-order chi connectivity index (χ1) is 12.9. The molecular formula is C21H16N4O. The van der Waals surface area contributed by atoms with Crippen LogP contribution in [0.2, 0.25) is 0 Å². The molecule has 5 nitrogen and oxygen atoms in total. The molecule has 0 saturated carbocycles. The van der Waals surface area contributed by atoms with Crippen molar-refractivity contribution in [3.05, 3.63) is 78.6 Å². The molecular weight excluding hydrogens is 324 g/mol. The van der Waals surface area contributed by atoms with E-state index >= 15 is 0 Å². The van der Waals surface area contributed by atoms with E-state index in [4.69, 9.17) is 14.4 Å². The van der Waals surface area contributed by atoms with Gasteiger partial charge in [-0.25, -0.2) is 15.0 Å². The summed E-state index contributed by atoms with van der Waals surface area (Å²) >= 11 is 0. The summed E-state index contributed by atoms with van der Waals surface area (Å²) in [5, 5.41) is 0. The second-order valence-electron chi connectivity index (χ2n) is 6.16. The van der Waals surface area contributed by atoms with Gasteiger partial charge in [-0.1, -0.05) is 42.5 Å². The van der Waals surface area contributed by atoms with Crippen LogP contribution in [0, 0.1) is 0 Å². The topological polar surface area (TPSA) is 56.7 Å². The van der Waals surface area contributed by atoms with E-state index in [2.05, 4.69) is 33.8 Å². The van der Waals surface area contributed by atoms with Gasteiger partial charge in [0.15, 0.2) is 22.9 Å². The highest BCUT2D eigenvalue weighted by molar-refractivity contribution is 5.84. The third-order valence-corrected chi connectivity index (χ3v) is 4.47. The Morgan fingerprint density at radius 2 is 1.54 bits per heavy atom. The Morgan fingerprint density at radius 1 is 0.769 bits per heavy atom. The molecule has 0 N–H and O–H groups in total. The Hall–Kier alpha value is -3.47. The average molecular weight is 340 g/mol. The van der Waals surface area contributed by atoms with Crippen molar-refractivity contribution in [2.45, 2.75) is 13.0 Å². The van der Waals surface area contributed by atoms with Crippen molar-refractivity contribution in [1.29, 1.82) is 0 Å². The molecule has 0 atom stereocenters. The Morgan fingerprint density at radius 3 is 2.31 bits per heavy atom. The first-order valence-corrected chi connectivity index (χ1v) is 8.59. The van der Waals surface area contributed by atoms with Gasteiger partial charge < -0.3 is 8.98 Å². The molecule has 0 fully saturated rings. The molecule has 5 aromatic rings. The molecule has 5 heteroatoms. The van der Waals surface area contributed by atoms with Gasteiger partial charge in [0, 0.05) is 6.54 Å². The number of nitrogens with zero attached hydrogens (tertiary/aromatic N) is 4. The Balaban J connectivity index is 1.67. The van der Waals surface area contributed by atoms with Gasteiger partial charge in [-0.3, -0.25) is 0 Å². The second kappa shape index (κ2) is 6.11. The monoisotopic (exact) mass is 340 g/mol. The number of furan rings is 1. The third kappa shape index (κ3) is 2.54. The van der Waals surface area contributed by atoms with Crippen molar-refractivity contribution < 1.29 is 4.42 Å². The van der Waals surface area contributed by atoms with Crippen LogP contribution in [0.25, 0.3) is 33.9 Å². The Kier molecular flexibility index (Phi) is 3.49. The minimum atomic E-state index is 0.642. The quantitative estimate of drug-likeness (QED) is 0.484. The number of fused-ring (bicyclic) bond motifs is 2. The first kappa shape index (κ1) is 14.8. The number of imidazole rings is 1. The van der Waals surface area contributed by atoms with Crippen molar-refractivity contribution in [3.63, 3.8) is 0 Å². The maximum absolute atomic E-state index is 5.60. The molecule has 3 aromatic heterocycles. The molecule has 0 aliphatic rings. The number of aryl methyl sites for hydroxylation is 2. The molecule has 126 valence electrons. The lowest BCUT2D eigenvalue weighted by molar-refractivity contribution is 0.569. The Labute approximate surface area is 150 Å². The zero-order valence-electron chi connectivity index (χ0n) is 14.0. The fraction of sp³-hybridized carbons (Fsp3) is 0.0952. The number of hydrogen-bond acceptors (Lipinski definition) is 4. The van der Waals surface area contributed by atoms with Gasteiger partial charge >= 0.3 is 0 Å². The summed E-state index contributed by atoms with van der Waals surface area (Å²) in [7, 11) is 0. The summed E-state index contributed by atoms with van der Waals surface area (Å²) in [6.07, 6.45) is 2.54. The molecule has 2 aromatic carbocycles. The molecule has 5 rings (SSSR count). The molecule has 0 unspecified atom stereocenters. The van der Waals surface area contributed by atoms with Gasteiger partial charge in [0.2, 0.25) is 0 Å². The largest absolute Gasteiger partial charge is 0.461 e. The van der Waals surface area contributed by atoms with Gasteiger partial charge in [0.1, 0.15) is 0 Å². The van der Waals surface area contributed by atoms with Crippen LogP contribution in [0.1, 0.15) is 5.56 Å². The number of aromatic nitrogens is 4. The van der Waals surface area contributed by atoms with Crippen LogP contribution in [0.5, 0.6) is 0 Å². The molecule has 3 heterocycles. The zero-order valence-corrected chi connectivity index (χ0v) is 14.0. The summed E-state index contributed by atoms with van der Waals surface area (Å²) in [4.78, 5) is 14.2. The summed E-state index contributed by atoms with van der Waals surface area (Å²) in [6.45, 7) is 0.754. The van der Waals surface area contributed by atoms with Crippen LogP contribution in [0.15, 0.2) is 77.4 Å². The fourth-order valence-corrected chi connectivity index (χ4v) is 3.19. The van der Waals surface area contributed by atoms with Crippen LogP contribution >= 0.6 is 0 Å². The number of hydrogen-bond donors (Lipinski definition) is 0. The van der Waals surface area contributed by atoms with Crippen LogP contribution < -0.4 is 0 Å². The van der Waals surface area contributed by atoms with Crippen molar-refractivity contribution in [1.82, 2.24) is 19.5 Å². The summed E-state index contributed by atoms with van der Waals surface area (Å²) in [5.74, 6) is 1.48. The Bertz CT molecular complexity index is 1180. The van der Waals surface area contributed by atoms with Crippen LogP contribution in [0.3, 0.4) is 0 Å². The van der Waals surface area contributed by atoms with Gasteiger partial charge in [-0.05, 0) is 36.2 Å². The molecule has 0 saturated heterocycles. The van der Waals surface area contributed by atoms with Gasteiger partial charge in [-0.2, -0.15) is 0 Å². The molecule has 0 aliphatic heterocycles. The molecule has 0 radical (unpaired) electrons.